The zero-order chi connectivity index (χ0) is 11.4. The Bertz CT molecular complexity index is 346. The lowest BCUT2D eigenvalue weighted by Crippen LogP contribution is -2.36. The van der Waals surface area contributed by atoms with Crippen LogP contribution in [0, 0.1) is 0 Å². The van der Waals surface area contributed by atoms with Crippen LogP contribution in [0.2, 0.25) is 0 Å². The summed E-state index contributed by atoms with van der Waals surface area (Å²) in [7, 11) is 1.60. The van der Waals surface area contributed by atoms with Crippen molar-refractivity contribution in [3.8, 4) is 0 Å². The number of carboxylic acids is 1. The molecule has 82 valence electrons. The number of aromatic amines is 1. The van der Waals surface area contributed by atoms with Crippen molar-refractivity contribution in [3.63, 3.8) is 0 Å². The summed E-state index contributed by atoms with van der Waals surface area (Å²) in [5.41, 5.74) is 0.537. The van der Waals surface area contributed by atoms with Gasteiger partial charge in [-0.25, -0.2) is 0 Å². The van der Waals surface area contributed by atoms with Gasteiger partial charge in [0.1, 0.15) is 0 Å². The highest BCUT2D eigenvalue weighted by molar-refractivity contribution is 5.94. The Morgan fingerprint density at radius 2 is 2.27 bits per heavy atom. The van der Waals surface area contributed by atoms with Gasteiger partial charge in [-0.15, -0.1) is 0 Å². The summed E-state index contributed by atoms with van der Waals surface area (Å²) >= 11 is 0. The van der Waals surface area contributed by atoms with Crippen molar-refractivity contribution < 1.29 is 14.7 Å². The summed E-state index contributed by atoms with van der Waals surface area (Å²) in [6, 6.07) is 1.34. The number of nitrogens with zero attached hydrogens (tertiary/aromatic N) is 1. The number of hydrogen-bond acceptors (Lipinski definition) is 2. The fourth-order valence-corrected chi connectivity index (χ4v) is 1.25. The van der Waals surface area contributed by atoms with Gasteiger partial charge in [0.05, 0.1) is 12.0 Å². The molecular formula is C10H14N2O3. The number of nitrogens with one attached hydrogen (secondary N) is 1. The molecule has 15 heavy (non-hydrogen) atoms. The Hall–Kier alpha value is -1.78. The normalized spacial score (nSPS) is 12.1. The molecular weight excluding hydrogens is 196 g/mol. The molecule has 1 unspecified atom stereocenters. The summed E-state index contributed by atoms with van der Waals surface area (Å²) < 4.78 is 0. The van der Waals surface area contributed by atoms with Crippen molar-refractivity contribution in [3.05, 3.63) is 24.0 Å². The SMILES string of the molecule is CC(CC(=O)O)N(C)C(=O)c1cc[nH]c1. The van der Waals surface area contributed by atoms with Crippen LogP contribution in [0.3, 0.4) is 0 Å². The van der Waals surface area contributed by atoms with E-state index >= 15 is 0 Å². The van der Waals surface area contributed by atoms with E-state index < -0.39 is 5.97 Å². The summed E-state index contributed by atoms with van der Waals surface area (Å²) in [6.45, 7) is 1.71. The molecule has 0 saturated carbocycles. The van der Waals surface area contributed by atoms with Gasteiger partial charge >= 0.3 is 5.97 Å². The van der Waals surface area contributed by atoms with E-state index in [0.717, 1.165) is 0 Å². The number of carboxylic acid groups (broad SMARTS) is 1. The lowest BCUT2D eigenvalue weighted by Gasteiger charge is -2.23. The van der Waals surface area contributed by atoms with Gasteiger partial charge in [0.25, 0.3) is 5.91 Å². The molecule has 0 saturated heterocycles. The van der Waals surface area contributed by atoms with Crippen LogP contribution in [0.1, 0.15) is 23.7 Å². The van der Waals surface area contributed by atoms with Crippen LogP contribution < -0.4 is 0 Å². The number of hydrogen-bond donors (Lipinski definition) is 2. The Labute approximate surface area is 87.7 Å². The number of aromatic nitrogens is 1. The van der Waals surface area contributed by atoms with E-state index in [9.17, 15) is 9.59 Å². The minimum Gasteiger partial charge on any atom is -0.481 e. The second kappa shape index (κ2) is 4.63. The van der Waals surface area contributed by atoms with E-state index in [-0.39, 0.29) is 18.4 Å². The molecule has 0 aromatic carbocycles. The molecule has 0 aliphatic heterocycles. The first-order chi connectivity index (χ1) is 7.02. The second-order valence-corrected chi connectivity index (χ2v) is 3.46. The topological polar surface area (TPSA) is 73.4 Å². The quantitative estimate of drug-likeness (QED) is 0.777. The van der Waals surface area contributed by atoms with Crippen LogP contribution in [-0.4, -0.2) is 40.0 Å². The largest absolute Gasteiger partial charge is 0.481 e. The van der Waals surface area contributed by atoms with E-state index in [1.807, 2.05) is 0 Å². The van der Waals surface area contributed by atoms with Crippen LogP contribution in [0.5, 0.6) is 0 Å². The van der Waals surface area contributed by atoms with Crippen LogP contribution in [0.25, 0.3) is 0 Å². The molecule has 1 heterocycles. The average molecular weight is 210 g/mol. The molecule has 5 nitrogen and oxygen atoms in total. The van der Waals surface area contributed by atoms with Crippen LogP contribution in [0.4, 0.5) is 0 Å². The molecule has 0 fully saturated rings. The summed E-state index contributed by atoms with van der Waals surface area (Å²) in [5.74, 6) is -1.08. The molecule has 1 amide bonds. The fourth-order valence-electron chi connectivity index (χ4n) is 1.25. The third-order valence-electron chi connectivity index (χ3n) is 2.30. The van der Waals surface area contributed by atoms with Gasteiger partial charge in [0, 0.05) is 25.5 Å². The minimum atomic E-state index is -0.906. The molecule has 2 N–H and O–H groups in total. The summed E-state index contributed by atoms with van der Waals surface area (Å²) in [5, 5.41) is 8.60. The zero-order valence-electron chi connectivity index (χ0n) is 8.73. The maximum atomic E-state index is 11.7. The third kappa shape index (κ3) is 2.83. The number of rotatable bonds is 4. The molecule has 5 heteroatoms. The lowest BCUT2D eigenvalue weighted by molar-refractivity contribution is -0.137. The second-order valence-electron chi connectivity index (χ2n) is 3.46. The first-order valence-electron chi connectivity index (χ1n) is 4.64. The molecule has 1 rings (SSSR count). The number of amides is 1. The van der Waals surface area contributed by atoms with Gasteiger partial charge in [0.15, 0.2) is 0 Å². The maximum absolute atomic E-state index is 11.7. The van der Waals surface area contributed by atoms with Gasteiger partial charge in [-0.2, -0.15) is 0 Å². The Balaban J connectivity index is 2.64. The van der Waals surface area contributed by atoms with Crippen LogP contribution in [-0.2, 0) is 4.79 Å². The minimum absolute atomic E-state index is 0.0489. The van der Waals surface area contributed by atoms with E-state index in [1.165, 1.54) is 4.90 Å². The van der Waals surface area contributed by atoms with Gasteiger partial charge in [-0.1, -0.05) is 0 Å². The van der Waals surface area contributed by atoms with Gasteiger partial charge in [-0.05, 0) is 13.0 Å². The average Bonchev–Trinajstić information content (AvgIpc) is 2.67. The maximum Gasteiger partial charge on any atom is 0.305 e. The molecule has 0 spiro atoms. The highest BCUT2D eigenvalue weighted by Gasteiger charge is 2.19. The van der Waals surface area contributed by atoms with E-state index in [1.54, 1.807) is 32.4 Å². The van der Waals surface area contributed by atoms with Gasteiger partial charge in [-0.3, -0.25) is 9.59 Å². The van der Waals surface area contributed by atoms with Crippen molar-refractivity contribution in [2.45, 2.75) is 19.4 Å². The fraction of sp³-hybridized carbons (Fsp3) is 0.400. The van der Waals surface area contributed by atoms with Crippen LogP contribution in [0.15, 0.2) is 18.5 Å². The molecule has 0 aliphatic rings. The smallest absolute Gasteiger partial charge is 0.305 e. The van der Waals surface area contributed by atoms with E-state index in [2.05, 4.69) is 4.98 Å². The predicted octanol–water partition coefficient (Wildman–Crippen LogP) is 0.950. The number of carbonyl (C=O) groups is 2. The van der Waals surface area contributed by atoms with Crippen LogP contribution >= 0.6 is 0 Å². The monoisotopic (exact) mass is 210 g/mol. The molecule has 1 aromatic heterocycles. The summed E-state index contributed by atoms with van der Waals surface area (Å²) in [4.78, 5) is 26.4. The highest BCUT2D eigenvalue weighted by atomic mass is 16.4. The third-order valence-corrected chi connectivity index (χ3v) is 2.30. The van der Waals surface area contributed by atoms with E-state index in [0.29, 0.717) is 5.56 Å². The first-order valence-corrected chi connectivity index (χ1v) is 4.64. The Morgan fingerprint density at radius 3 is 2.73 bits per heavy atom. The zero-order valence-corrected chi connectivity index (χ0v) is 8.73. The van der Waals surface area contributed by atoms with Gasteiger partial charge in [0.2, 0.25) is 0 Å². The van der Waals surface area contributed by atoms with Crippen molar-refractivity contribution in [2.75, 3.05) is 7.05 Å². The van der Waals surface area contributed by atoms with Crippen molar-refractivity contribution >= 4 is 11.9 Å². The molecule has 0 bridgehead atoms. The Kier molecular flexibility index (Phi) is 3.49. The van der Waals surface area contributed by atoms with E-state index in [4.69, 9.17) is 5.11 Å². The molecule has 1 atom stereocenters. The predicted molar refractivity (Wildman–Crippen MR) is 54.6 cm³/mol. The lowest BCUT2D eigenvalue weighted by atomic mass is 10.2. The number of aliphatic carboxylic acids is 1. The van der Waals surface area contributed by atoms with Crippen molar-refractivity contribution in [1.82, 2.24) is 9.88 Å². The molecule has 1 aromatic rings. The standard InChI is InChI=1S/C10H14N2O3/c1-7(5-9(13)14)12(2)10(15)8-3-4-11-6-8/h3-4,6-7,11H,5H2,1-2H3,(H,13,14). The summed E-state index contributed by atoms with van der Waals surface area (Å²) in [6.07, 6.45) is 3.20. The number of H-pyrrole nitrogens is 1. The van der Waals surface area contributed by atoms with Gasteiger partial charge < -0.3 is 15.0 Å². The molecule has 0 radical (unpaired) electrons. The number of carbonyl (C=O) groups excluding carboxylic acids is 1. The highest BCUT2D eigenvalue weighted by Crippen LogP contribution is 2.07. The van der Waals surface area contributed by atoms with Crippen molar-refractivity contribution in [2.24, 2.45) is 0 Å². The first kappa shape index (κ1) is 11.3. The molecule has 0 aliphatic carbocycles. The Morgan fingerprint density at radius 1 is 1.60 bits per heavy atom. The van der Waals surface area contributed by atoms with Crippen molar-refractivity contribution in [1.29, 1.82) is 0 Å².